The van der Waals surface area contributed by atoms with E-state index in [0.29, 0.717) is 0 Å². The van der Waals surface area contributed by atoms with Crippen LogP contribution < -0.4 is 0 Å². The Bertz CT molecular complexity index is 640. The van der Waals surface area contributed by atoms with Crippen LogP contribution in [0.2, 0.25) is 0 Å². The zero-order valence-electron chi connectivity index (χ0n) is 11.4. The van der Waals surface area contributed by atoms with Crippen LogP contribution in [0.15, 0.2) is 72.8 Å². The molecule has 0 aromatic heterocycles. The highest BCUT2D eigenvalue weighted by molar-refractivity contribution is 5.64. The predicted octanol–water partition coefficient (Wildman–Crippen LogP) is 3.94. The second kappa shape index (κ2) is 5.48. The molecule has 0 aliphatic heterocycles. The smallest absolute Gasteiger partial charge is 0.0612 e. The lowest BCUT2D eigenvalue weighted by atomic mass is 9.68. The number of allylic oxidation sites excluding steroid dienone is 2. The van der Waals surface area contributed by atoms with Gasteiger partial charge in [-0.1, -0.05) is 78.9 Å². The van der Waals surface area contributed by atoms with Crippen molar-refractivity contribution in [3.05, 3.63) is 89.5 Å². The summed E-state index contributed by atoms with van der Waals surface area (Å²) in [5.41, 5.74) is 3.65. The first kappa shape index (κ1) is 12.9. The third-order valence-corrected chi connectivity index (χ3v) is 3.98. The van der Waals surface area contributed by atoms with Crippen molar-refractivity contribution >= 4 is 6.08 Å². The number of fused-ring (bicyclic) bond motifs is 1. The maximum absolute atomic E-state index is 9.20. The average molecular weight is 262 g/mol. The Balaban J connectivity index is 2.23. The molecule has 100 valence electrons. The summed E-state index contributed by atoms with van der Waals surface area (Å²) in [7, 11) is 0. The summed E-state index contributed by atoms with van der Waals surface area (Å²) in [6.45, 7) is 0.0699. The lowest BCUT2D eigenvalue weighted by Crippen LogP contribution is -2.27. The molecule has 1 aliphatic rings. The van der Waals surface area contributed by atoms with Gasteiger partial charge in [0.1, 0.15) is 0 Å². The number of aliphatic hydroxyl groups is 1. The molecular weight excluding hydrogens is 244 g/mol. The minimum absolute atomic E-state index is 0.0699. The highest BCUT2D eigenvalue weighted by atomic mass is 16.2. The minimum Gasteiger partial charge on any atom is -0.392 e. The maximum atomic E-state index is 9.20. The highest BCUT2D eigenvalue weighted by Crippen LogP contribution is 2.42. The Kier molecular flexibility index (Phi) is 3.53. The van der Waals surface area contributed by atoms with Gasteiger partial charge in [-0.3, -0.25) is 0 Å². The molecule has 2 aromatic rings. The van der Waals surface area contributed by atoms with E-state index in [2.05, 4.69) is 66.8 Å². The molecule has 0 fully saturated rings. The van der Waals surface area contributed by atoms with Gasteiger partial charge in [-0.05, 0) is 23.1 Å². The molecule has 0 heterocycles. The molecule has 0 radical (unpaired) electrons. The summed E-state index contributed by atoms with van der Waals surface area (Å²) in [5.74, 6) is 0. The Morgan fingerprint density at radius 3 is 2.55 bits per heavy atom. The molecule has 0 spiro atoms. The summed E-state index contributed by atoms with van der Waals surface area (Å²) in [6, 6.07) is 19.0. The summed E-state index contributed by atoms with van der Waals surface area (Å²) in [4.78, 5) is 0. The van der Waals surface area contributed by atoms with Crippen LogP contribution in [0.4, 0.5) is 0 Å². The molecule has 1 nitrogen and oxygen atoms in total. The van der Waals surface area contributed by atoms with Crippen molar-refractivity contribution in [1.82, 2.24) is 0 Å². The van der Waals surface area contributed by atoms with Gasteiger partial charge < -0.3 is 5.11 Å². The van der Waals surface area contributed by atoms with Crippen molar-refractivity contribution in [3.63, 3.8) is 0 Å². The number of hydrogen-bond donors (Lipinski definition) is 1. The summed E-state index contributed by atoms with van der Waals surface area (Å²) < 4.78 is 0. The maximum Gasteiger partial charge on any atom is 0.0612 e. The van der Waals surface area contributed by atoms with Crippen LogP contribution in [0, 0.1) is 0 Å². The van der Waals surface area contributed by atoms with Crippen molar-refractivity contribution in [2.75, 3.05) is 6.61 Å². The van der Waals surface area contributed by atoms with Gasteiger partial charge in [0.15, 0.2) is 0 Å². The quantitative estimate of drug-likeness (QED) is 0.831. The number of rotatable bonds is 3. The monoisotopic (exact) mass is 262 g/mol. The van der Waals surface area contributed by atoms with E-state index < -0.39 is 0 Å². The van der Waals surface area contributed by atoms with Crippen molar-refractivity contribution in [2.24, 2.45) is 0 Å². The van der Waals surface area contributed by atoms with Gasteiger partial charge in [-0.2, -0.15) is 0 Å². The number of hydrogen-bond acceptors (Lipinski definition) is 1. The van der Waals surface area contributed by atoms with Crippen molar-refractivity contribution in [1.29, 1.82) is 0 Å². The second-order valence-corrected chi connectivity index (χ2v) is 5.12. The highest BCUT2D eigenvalue weighted by Gasteiger charge is 2.33. The van der Waals surface area contributed by atoms with Gasteiger partial charge >= 0.3 is 0 Å². The van der Waals surface area contributed by atoms with Crippen LogP contribution >= 0.6 is 0 Å². The third kappa shape index (κ3) is 2.10. The Morgan fingerprint density at radius 1 is 1.00 bits per heavy atom. The fourth-order valence-electron chi connectivity index (χ4n) is 3.05. The summed E-state index contributed by atoms with van der Waals surface area (Å²) >= 11 is 0. The zero-order chi connectivity index (χ0) is 13.8. The first-order valence-electron chi connectivity index (χ1n) is 6.97. The van der Waals surface area contributed by atoms with E-state index in [1.807, 2.05) is 12.1 Å². The van der Waals surface area contributed by atoms with Crippen molar-refractivity contribution in [3.8, 4) is 0 Å². The van der Waals surface area contributed by atoms with E-state index in [-0.39, 0.29) is 12.0 Å². The number of benzene rings is 2. The molecule has 0 saturated heterocycles. The molecule has 2 aromatic carbocycles. The van der Waals surface area contributed by atoms with E-state index >= 15 is 0 Å². The molecule has 0 saturated carbocycles. The Labute approximate surface area is 119 Å². The fraction of sp³-hybridized carbons (Fsp3) is 0.158. The normalized spacial score (nSPS) is 21.1. The first-order chi connectivity index (χ1) is 9.87. The van der Waals surface area contributed by atoms with E-state index in [1.54, 1.807) is 0 Å². The molecule has 0 amide bonds. The fourth-order valence-corrected chi connectivity index (χ4v) is 3.05. The summed E-state index contributed by atoms with van der Waals surface area (Å²) in [6.07, 6.45) is 9.32. The van der Waals surface area contributed by atoms with E-state index in [4.69, 9.17) is 0 Å². The molecular formula is C19H18O. The average Bonchev–Trinajstić information content (AvgIpc) is 2.54. The van der Waals surface area contributed by atoms with Crippen LogP contribution in [0.5, 0.6) is 0 Å². The van der Waals surface area contributed by atoms with Gasteiger partial charge in [0, 0.05) is 5.41 Å². The van der Waals surface area contributed by atoms with Crippen LogP contribution in [0.1, 0.15) is 23.1 Å². The Morgan fingerprint density at radius 2 is 1.75 bits per heavy atom. The molecule has 1 atom stereocenters. The first-order valence-corrected chi connectivity index (χ1v) is 6.97. The lowest BCUT2D eigenvalue weighted by molar-refractivity contribution is 0.341. The molecule has 20 heavy (non-hydrogen) atoms. The standard InChI is InChI=1S/C19H18O/c20-15-7-14-19(17-10-2-1-3-11-17)13-6-9-16-8-4-5-12-18(16)19/h1-12,14,20H,13,15H2. The van der Waals surface area contributed by atoms with Crippen molar-refractivity contribution < 1.29 is 5.11 Å². The molecule has 1 unspecified atom stereocenters. The van der Waals surface area contributed by atoms with E-state index in [0.717, 1.165) is 6.42 Å². The van der Waals surface area contributed by atoms with Crippen LogP contribution in [0.25, 0.3) is 6.08 Å². The third-order valence-electron chi connectivity index (χ3n) is 3.98. The number of aliphatic hydroxyl groups excluding tert-OH is 1. The zero-order valence-corrected chi connectivity index (χ0v) is 11.4. The molecule has 0 bridgehead atoms. The molecule has 3 rings (SSSR count). The van der Waals surface area contributed by atoms with E-state index in [1.165, 1.54) is 16.7 Å². The SMILES string of the molecule is OCC=CC1(c2ccccc2)CC=Cc2ccccc21. The second-order valence-electron chi connectivity index (χ2n) is 5.12. The molecule has 1 heteroatoms. The minimum atomic E-state index is -0.171. The Hall–Kier alpha value is -2.12. The lowest BCUT2D eigenvalue weighted by Gasteiger charge is -2.35. The van der Waals surface area contributed by atoms with Gasteiger partial charge in [0.05, 0.1) is 6.61 Å². The van der Waals surface area contributed by atoms with Gasteiger partial charge in [0.25, 0.3) is 0 Å². The van der Waals surface area contributed by atoms with Crippen LogP contribution in [-0.4, -0.2) is 11.7 Å². The van der Waals surface area contributed by atoms with Gasteiger partial charge in [-0.25, -0.2) is 0 Å². The molecule has 1 N–H and O–H groups in total. The molecule has 1 aliphatic carbocycles. The van der Waals surface area contributed by atoms with Crippen LogP contribution in [-0.2, 0) is 5.41 Å². The predicted molar refractivity (Wildman–Crippen MR) is 83.5 cm³/mol. The van der Waals surface area contributed by atoms with E-state index in [9.17, 15) is 5.11 Å². The van der Waals surface area contributed by atoms with Gasteiger partial charge in [0.2, 0.25) is 0 Å². The van der Waals surface area contributed by atoms with Crippen LogP contribution in [0.3, 0.4) is 0 Å². The topological polar surface area (TPSA) is 20.2 Å². The van der Waals surface area contributed by atoms with Crippen molar-refractivity contribution in [2.45, 2.75) is 11.8 Å². The summed E-state index contributed by atoms with van der Waals surface area (Å²) in [5, 5.41) is 9.20. The van der Waals surface area contributed by atoms with Gasteiger partial charge in [-0.15, -0.1) is 0 Å². The largest absolute Gasteiger partial charge is 0.392 e.